The zero-order valence-electron chi connectivity index (χ0n) is 27.4. The van der Waals surface area contributed by atoms with Crippen LogP contribution in [-0.2, 0) is 0 Å². The number of para-hydroxylation sites is 4. The summed E-state index contributed by atoms with van der Waals surface area (Å²) in [6.07, 6.45) is -0.464. The van der Waals surface area contributed by atoms with E-state index in [4.69, 9.17) is 13.3 Å². The lowest BCUT2D eigenvalue weighted by molar-refractivity contribution is 0.203. The van der Waals surface area contributed by atoms with E-state index in [1.165, 1.54) is 0 Å². The first kappa shape index (κ1) is 28.6. The predicted molar refractivity (Wildman–Crippen MR) is 204 cm³/mol. The highest BCUT2D eigenvalue weighted by molar-refractivity contribution is 6.11. The van der Waals surface area contributed by atoms with E-state index in [2.05, 4.69) is 143 Å². The summed E-state index contributed by atoms with van der Waals surface area (Å²) in [5.41, 5.74) is 10.7. The first-order valence-corrected chi connectivity index (χ1v) is 17.4. The molecule has 11 rings (SSSR count). The molecular weight excluding hydrogens is 631 g/mol. The number of fused-ring (bicyclic) bond motifs is 9. The van der Waals surface area contributed by atoms with Crippen LogP contribution in [0.2, 0.25) is 0 Å². The number of rotatable bonds is 4. The van der Waals surface area contributed by atoms with Gasteiger partial charge in [-0.1, -0.05) is 115 Å². The molecule has 0 saturated carbocycles. The van der Waals surface area contributed by atoms with Gasteiger partial charge >= 0.3 is 0 Å². The summed E-state index contributed by atoms with van der Waals surface area (Å²) in [7, 11) is 0. The SMILES string of the molecule is c1ccc(C2NC(c3ccc4oc5cc(-c6cccc7c6oc6ccccc67)ccc5c4c3)NC(c3cccc4c3oc3ccccc34)N2)cc1. The largest absolute Gasteiger partial charge is 0.456 e. The minimum atomic E-state index is -0.189. The highest BCUT2D eigenvalue weighted by Crippen LogP contribution is 2.40. The van der Waals surface area contributed by atoms with Crippen LogP contribution in [0, 0.1) is 0 Å². The van der Waals surface area contributed by atoms with E-state index in [9.17, 15) is 0 Å². The average Bonchev–Trinajstić information content (AvgIpc) is 3.88. The quantitative estimate of drug-likeness (QED) is 0.174. The zero-order chi connectivity index (χ0) is 33.5. The van der Waals surface area contributed by atoms with Crippen molar-refractivity contribution in [1.29, 1.82) is 0 Å². The maximum Gasteiger partial charge on any atom is 0.143 e. The lowest BCUT2D eigenvalue weighted by Crippen LogP contribution is -2.54. The van der Waals surface area contributed by atoms with Crippen LogP contribution in [-0.4, -0.2) is 0 Å². The van der Waals surface area contributed by atoms with Crippen molar-refractivity contribution in [1.82, 2.24) is 16.0 Å². The molecule has 10 aromatic rings. The Morgan fingerprint density at radius 3 is 1.76 bits per heavy atom. The molecule has 1 aliphatic heterocycles. The molecule has 0 bridgehead atoms. The van der Waals surface area contributed by atoms with Crippen molar-refractivity contribution >= 4 is 65.8 Å². The number of nitrogens with one attached hydrogen (secondary N) is 3. The summed E-state index contributed by atoms with van der Waals surface area (Å²) in [5.74, 6) is 0. The molecule has 6 heteroatoms. The van der Waals surface area contributed by atoms with Crippen LogP contribution in [0.25, 0.3) is 76.9 Å². The smallest absolute Gasteiger partial charge is 0.143 e. The van der Waals surface area contributed by atoms with E-state index in [0.29, 0.717) is 0 Å². The molecule has 0 radical (unpaired) electrons. The third-order valence-electron chi connectivity index (χ3n) is 10.4. The normalized spacial score (nSPS) is 18.2. The fraction of sp³-hybridized carbons (Fsp3) is 0.0667. The monoisotopic (exact) mass is 661 g/mol. The van der Waals surface area contributed by atoms with Crippen molar-refractivity contribution in [3.05, 3.63) is 168 Å². The molecule has 3 aromatic heterocycles. The molecule has 3 unspecified atom stereocenters. The van der Waals surface area contributed by atoms with Gasteiger partial charge in [-0.25, -0.2) is 0 Å². The van der Waals surface area contributed by atoms with Crippen LogP contribution >= 0.6 is 0 Å². The number of hydrogen-bond donors (Lipinski definition) is 3. The Morgan fingerprint density at radius 2 is 0.961 bits per heavy atom. The molecule has 3 N–H and O–H groups in total. The van der Waals surface area contributed by atoms with Crippen molar-refractivity contribution in [3.8, 4) is 11.1 Å². The van der Waals surface area contributed by atoms with Gasteiger partial charge in [-0.2, -0.15) is 0 Å². The molecule has 0 spiro atoms. The Labute approximate surface area is 292 Å². The molecule has 244 valence electrons. The van der Waals surface area contributed by atoms with Crippen LogP contribution in [0.4, 0.5) is 0 Å². The summed E-state index contributed by atoms with van der Waals surface area (Å²) >= 11 is 0. The van der Waals surface area contributed by atoms with Gasteiger partial charge in [0.15, 0.2) is 0 Å². The minimum Gasteiger partial charge on any atom is -0.456 e. The van der Waals surface area contributed by atoms with E-state index in [1.54, 1.807) is 0 Å². The Kier molecular flexibility index (Phi) is 6.27. The molecule has 1 saturated heterocycles. The van der Waals surface area contributed by atoms with Gasteiger partial charge in [0, 0.05) is 43.4 Å². The first-order chi connectivity index (χ1) is 25.2. The molecule has 0 amide bonds. The third-order valence-corrected chi connectivity index (χ3v) is 10.4. The van der Waals surface area contributed by atoms with E-state index >= 15 is 0 Å². The van der Waals surface area contributed by atoms with Gasteiger partial charge < -0.3 is 13.3 Å². The van der Waals surface area contributed by atoms with Crippen LogP contribution in [0.15, 0.2) is 165 Å². The maximum atomic E-state index is 6.49. The topological polar surface area (TPSA) is 75.5 Å². The van der Waals surface area contributed by atoms with Gasteiger partial charge in [0.2, 0.25) is 0 Å². The van der Waals surface area contributed by atoms with E-state index in [-0.39, 0.29) is 18.5 Å². The van der Waals surface area contributed by atoms with Crippen LogP contribution in [0.5, 0.6) is 0 Å². The van der Waals surface area contributed by atoms with Crippen LogP contribution in [0.3, 0.4) is 0 Å². The van der Waals surface area contributed by atoms with Crippen molar-refractivity contribution < 1.29 is 13.3 Å². The summed E-state index contributed by atoms with van der Waals surface area (Å²) in [5, 5.41) is 18.1. The molecule has 1 aliphatic rings. The third kappa shape index (κ3) is 4.55. The molecule has 51 heavy (non-hydrogen) atoms. The Morgan fingerprint density at radius 1 is 0.353 bits per heavy atom. The van der Waals surface area contributed by atoms with E-state index < -0.39 is 0 Å². The molecule has 3 atom stereocenters. The molecule has 0 aliphatic carbocycles. The Balaban J connectivity index is 0.995. The fourth-order valence-corrected chi connectivity index (χ4v) is 7.97. The molecule has 1 fully saturated rings. The number of hydrogen-bond acceptors (Lipinski definition) is 6. The lowest BCUT2D eigenvalue weighted by Gasteiger charge is -2.39. The van der Waals surface area contributed by atoms with Gasteiger partial charge in [0.25, 0.3) is 0 Å². The van der Waals surface area contributed by atoms with E-state index in [1.807, 2.05) is 24.3 Å². The lowest BCUT2D eigenvalue weighted by atomic mass is 10.00. The van der Waals surface area contributed by atoms with Gasteiger partial charge in [0.05, 0.1) is 18.5 Å². The Hall–Kier alpha value is -6.18. The zero-order valence-corrected chi connectivity index (χ0v) is 27.4. The Bertz CT molecular complexity index is 2940. The predicted octanol–water partition coefficient (Wildman–Crippen LogP) is 11.2. The van der Waals surface area contributed by atoms with Crippen molar-refractivity contribution in [2.45, 2.75) is 18.5 Å². The molecule has 7 aromatic carbocycles. The van der Waals surface area contributed by atoms with Gasteiger partial charge in [-0.05, 0) is 53.1 Å². The van der Waals surface area contributed by atoms with Gasteiger partial charge in [-0.15, -0.1) is 0 Å². The summed E-state index contributed by atoms with van der Waals surface area (Å²) < 4.78 is 19.3. The second-order valence-corrected chi connectivity index (χ2v) is 13.4. The standard InChI is InChI=1S/C45H31N3O3/c1-2-10-26(11-3-1)43-46-44(48-45(47-43)35-17-9-16-34-31-13-5-7-19-38(31)51-42(34)35)28-21-23-39-36(24-28)32-22-20-27(25-40(32)49-39)29-14-8-15-33-30-12-4-6-18-37(30)50-41(29)33/h1-25,43-48H. The van der Waals surface area contributed by atoms with Gasteiger partial charge in [-0.3, -0.25) is 16.0 Å². The second kappa shape index (κ2) is 11.2. The molecular formula is C45H31N3O3. The molecule has 6 nitrogen and oxygen atoms in total. The van der Waals surface area contributed by atoms with E-state index in [0.717, 1.165) is 93.6 Å². The highest BCUT2D eigenvalue weighted by atomic mass is 16.3. The van der Waals surface area contributed by atoms with Crippen molar-refractivity contribution in [2.24, 2.45) is 0 Å². The van der Waals surface area contributed by atoms with Crippen molar-refractivity contribution in [3.63, 3.8) is 0 Å². The van der Waals surface area contributed by atoms with Crippen LogP contribution < -0.4 is 16.0 Å². The number of benzene rings is 7. The van der Waals surface area contributed by atoms with Crippen LogP contribution in [0.1, 0.15) is 35.2 Å². The fourth-order valence-electron chi connectivity index (χ4n) is 7.97. The maximum absolute atomic E-state index is 6.49. The highest BCUT2D eigenvalue weighted by Gasteiger charge is 2.31. The summed E-state index contributed by atoms with van der Waals surface area (Å²) in [6, 6.07) is 52.6. The first-order valence-electron chi connectivity index (χ1n) is 17.4. The minimum absolute atomic E-state index is 0.109. The molecule has 4 heterocycles. The average molecular weight is 662 g/mol. The van der Waals surface area contributed by atoms with Gasteiger partial charge in [0.1, 0.15) is 33.5 Å². The summed E-state index contributed by atoms with van der Waals surface area (Å²) in [4.78, 5) is 0. The summed E-state index contributed by atoms with van der Waals surface area (Å²) in [6.45, 7) is 0. The van der Waals surface area contributed by atoms with Crippen molar-refractivity contribution in [2.75, 3.05) is 0 Å². The second-order valence-electron chi connectivity index (χ2n) is 13.4. The number of furan rings is 3.